The second-order valence-corrected chi connectivity index (χ2v) is 8.41. The Labute approximate surface area is 198 Å². The van der Waals surface area contributed by atoms with E-state index < -0.39 is 12.0 Å². The van der Waals surface area contributed by atoms with Gasteiger partial charge in [0.2, 0.25) is 11.7 Å². The zero-order chi connectivity index (χ0) is 23.0. The van der Waals surface area contributed by atoms with Gasteiger partial charge in [0.15, 0.2) is 11.6 Å². The number of hydrogen-bond donors (Lipinski definition) is 1. The lowest BCUT2D eigenvalue weighted by Gasteiger charge is -2.36. The number of halogens is 3. The minimum atomic E-state index is -4.56. The Balaban J connectivity index is 0.00000204. The molecule has 34 heavy (non-hydrogen) atoms. The first-order chi connectivity index (χ1) is 15.2. The summed E-state index contributed by atoms with van der Waals surface area (Å²) >= 11 is 0. The maximum Gasteiger partial charge on any atom is 0.451 e. The molecule has 1 fully saturated rings. The molecule has 1 atom stereocenters. The molecule has 3 heterocycles. The molecule has 1 N–H and O–H groups in total. The minimum Gasteiger partial charge on any atom is -0.490 e. The average molecular weight is 483 g/mol. The zero-order valence-electron chi connectivity index (χ0n) is 18.1. The Bertz CT molecular complexity index is 993. The number of carbonyl (C=O) groups excluding carboxylic acids is 1. The Morgan fingerprint density at radius 3 is 2.38 bits per heavy atom. The van der Waals surface area contributed by atoms with E-state index in [9.17, 15) is 18.0 Å². The Hall–Kier alpha value is -2.98. The van der Waals surface area contributed by atoms with Crippen LogP contribution < -0.4 is 15.0 Å². The van der Waals surface area contributed by atoms with Gasteiger partial charge in [-0.25, -0.2) is 19.9 Å². The van der Waals surface area contributed by atoms with Crippen molar-refractivity contribution in [3.05, 3.63) is 29.7 Å². The number of nitrogens with zero attached hydrogens (tertiary/aromatic N) is 5. The summed E-state index contributed by atoms with van der Waals surface area (Å²) in [6.45, 7) is 4.24. The van der Waals surface area contributed by atoms with Gasteiger partial charge in [-0.2, -0.15) is 13.2 Å². The lowest BCUT2D eigenvalue weighted by Crippen LogP contribution is -2.46. The number of ether oxygens (including phenoxy) is 1. The van der Waals surface area contributed by atoms with Gasteiger partial charge in [0.25, 0.3) is 0 Å². The fourth-order valence-electron chi connectivity index (χ4n) is 4.28. The molecular weight excluding hydrogens is 449 g/mol. The monoisotopic (exact) mass is 482 g/mol. The van der Waals surface area contributed by atoms with Gasteiger partial charge in [-0.15, -0.1) is 0 Å². The van der Waals surface area contributed by atoms with Crippen LogP contribution >= 0.6 is 0 Å². The van der Waals surface area contributed by atoms with E-state index in [1.165, 1.54) is 0 Å². The quantitative estimate of drug-likeness (QED) is 0.639. The molecule has 1 aliphatic carbocycles. The van der Waals surface area contributed by atoms with Gasteiger partial charge >= 0.3 is 6.18 Å². The van der Waals surface area contributed by atoms with Crippen molar-refractivity contribution >= 4 is 17.4 Å². The number of carbonyl (C=O) groups is 1. The number of anilines is 2. The first kappa shape index (κ1) is 27.3. The number of aromatic nitrogens is 4. The van der Waals surface area contributed by atoms with Crippen molar-refractivity contribution in [3.63, 3.8) is 0 Å². The maximum atomic E-state index is 12.5. The normalized spacial score (nSPS) is 21.4. The number of likely N-dealkylation sites (N-methyl/N-ethyl adjacent to an activating group) is 1. The smallest absolute Gasteiger partial charge is 0.451 e. The fraction of sp³-hybridized carbons (Fsp3) is 0.609. The molecule has 1 aliphatic heterocycles. The van der Waals surface area contributed by atoms with Crippen LogP contribution in [-0.2, 0) is 17.4 Å². The molecule has 11 heteroatoms. The second-order valence-electron chi connectivity index (χ2n) is 8.41. The summed E-state index contributed by atoms with van der Waals surface area (Å²) in [4.78, 5) is 30.1. The number of fused-ring (bicyclic) bond motifs is 1. The van der Waals surface area contributed by atoms with Crippen molar-refractivity contribution in [3.8, 4) is 5.75 Å². The molecule has 0 saturated heterocycles. The molecule has 1 amide bonds. The lowest BCUT2D eigenvalue weighted by atomic mass is 9.73. The Morgan fingerprint density at radius 2 is 1.79 bits per heavy atom. The highest BCUT2D eigenvalue weighted by molar-refractivity contribution is 6.03. The van der Waals surface area contributed by atoms with E-state index in [1.807, 2.05) is 25.8 Å². The van der Waals surface area contributed by atoms with Crippen LogP contribution in [0.1, 0.15) is 58.4 Å². The van der Waals surface area contributed by atoms with E-state index in [2.05, 4.69) is 20.3 Å². The molecule has 0 bridgehead atoms. The molecule has 4 rings (SSSR count). The summed E-state index contributed by atoms with van der Waals surface area (Å²) in [5.74, 6) is 1.24. The third-order valence-electron chi connectivity index (χ3n) is 6.03. The number of aryl methyl sites for hydroxylation is 1. The lowest BCUT2D eigenvalue weighted by molar-refractivity contribution is -0.145. The third-order valence-corrected chi connectivity index (χ3v) is 6.03. The van der Waals surface area contributed by atoms with E-state index in [-0.39, 0.29) is 32.6 Å². The Morgan fingerprint density at radius 1 is 1.15 bits per heavy atom. The SMILES string of the molecule is C.C.CC[C@H]1C(=O)Nc2c(C)nc(CC3CC(COc4cnc(C(F)(F)F)nc4)C3)nc2N1C. The van der Waals surface area contributed by atoms with Crippen LogP contribution in [0.3, 0.4) is 0 Å². The number of amides is 1. The summed E-state index contributed by atoms with van der Waals surface area (Å²) in [7, 11) is 1.88. The van der Waals surface area contributed by atoms with E-state index in [1.54, 1.807) is 0 Å². The molecule has 1 saturated carbocycles. The molecule has 2 aromatic rings. The van der Waals surface area contributed by atoms with E-state index in [0.717, 1.165) is 49.0 Å². The summed E-state index contributed by atoms with van der Waals surface area (Å²) < 4.78 is 43.1. The van der Waals surface area contributed by atoms with Gasteiger partial charge in [0.1, 0.15) is 17.6 Å². The fourth-order valence-corrected chi connectivity index (χ4v) is 4.28. The van der Waals surface area contributed by atoms with Gasteiger partial charge in [0, 0.05) is 13.5 Å². The predicted octanol–water partition coefficient (Wildman–Crippen LogP) is 4.68. The largest absolute Gasteiger partial charge is 0.490 e. The molecule has 0 radical (unpaired) electrons. The van der Waals surface area contributed by atoms with Crippen molar-refractivity contribution in [1.82, 2.24) is 19.9 Å². The molecule has 2 aromatic heterocycles. The highest BCUT2D eigenvalue weighted by Gasteiger charge is 2.35. The first-order valence-corrected chi connectivity index (χ1v) is 10.6. The van der Waals surface area contributed by atoms with E-state index in [0.29, 0.717) is 30.6 Å². The molecular formula is C23H33F3N6O2. The summed E-state index contributed by atoms with van der Waals surface area (Å²) in [6, 6.07) is -0.246. The molecule has 0 aromatic carbocycles. The van der Waals surface area contributed by atoms with Gasteiger partial charge in [-0.05, 0) is 38.0 Å². The van der Waals surface area contributed by atoms with Crippen LogP contribution in [0.4, 0.5) is 24.7 Å². The van der Waals surface area contributed by atoms with E-state index >= 15 is 0 Å². The first-order valence-electron chi connectivity index (χ1n) is 10.6. The van der Waals surface area contributed by atoms with Crippen LogP contribution in [-0.4, -0.2) is 45.5 Å². The highest BCUT2D eigenvalue weighted by atomic mass is 19.4. The summed E-state index contributed by atoms with van der Waals surface area (Å²) in [6.07, 6.45) is 0.801. The number of hydrogen-bond acceptors (Lipinski definition) is 7. The van der Waals surface area contributed by atoms with Gasteiger partial charge in [0.05, 0.1) is 24.7 Å². The van der Waals surface area contributed by atoms with Crippen LogP contribution in [0.15, 0.2) is 12.4 Å². The molecule has 8 nitrogen and oxygen atoms in total. The number of nitrogens with one attached hydrogen (secondary N) is 1. The van der Waals surface area contributed by atoms with Crippen LogP contribution in [0.2, 0.25) is 0 Å². The summed E-state index contributed by atoms with van der Waals surface area (Å²) in [5.41, 5.74) is 1.42. The molecule has 188 valence electrons. The maximum absolute atomic E-state index is 12.5. The predicted molar refractivity (Wildman–Crippen MR) is 124 cm³/mol. The van der Waals surface area contributed by atoms with Crippen LogP contribution in [0.5, 0.6) is 5.75 Å². The Kier molecular flexibility index (Phi) is 8.44. The molecule has 2 aliphatic rings. The van der Waals surface area contributed by atoms with E-state index in [4.69, 9.17) is 9.72 Å². The standard InChI is InChI=1S/C21H25F3N6O2.2CH4/c1-4-15-19(31)29-17-11(2)27-16(28-18(17)30(15)3)7-12-5-13(6-12)10-32-14-8-25-20(26-9-14)21(22,23)24;;/h8-9,12-13,15H,4-7,10H2,1-3H3,(H,29,31);2*1H4/t12?,13?,15-;;/m0../s1. The molecule has 0 unspecified atom stereocenters. The average Bonchev–Trinajstić information content (AvgIpc) is 2.70. The van der Waals surface area contributed by atoms with Crippen LogP contribution in [0.25, 0.3) is 0 Å². The van der Waals surface area contributed by atoms with Crippen molar-refractivity contribution < 1.29 is 22.7 Å². The van der Waals surface area contributed by atoms with Crippen molar-refractivity contribution in [2.24, 2.45) is 11.8 Å². The summed E-state index contributed by atoms with van der Waals surface area (Å²) in [5, 5.41) is 2.92. The zero-order valence-corrected chi connectivity index (χ0v) is 18.1. The van der Waals surface area contributed by atoms with Crippen molar-refractivity contribution in [1.29, 1.82) is 0 Å². The van der Waals surface area contributed by atoms with Gasteiger partial charge < -0.3 is 15.0 Å². The van der Waals surface area contributed by atoms with Crippen molar-refractivity contribution in [2.75, 3.05) is 23.9 Å². The topological polar surface area (TPSA) is 93.1 Å². The van der Waals surface area contributed by atoms with Gasteiger partial charge in [-0.1, -0.05) is 21.8 Å². The van der Waals surface area contributed by atoms with Crippen molar-refractivity contribution in [2.45, 2.75) is 66.6 Å². The second kappa shape index (κ2) is 10.5. The molecule has 0 spiro atoms. The number of alkyl halides is 3. The highest BCUT2D eigenvalue weighted by Crippen LogP contribution is 2.38. The van der Waals surface area contributed by atoms with Gasteiger partial charge in [-0.3, -0.25) is 4.79 Å². The van der Waals surface area contributed by atoms with Crippen LogP contribution in [0, 0.1) is 18.8 Å². The minimum absolute atomic E-state index is 0. The number of rotatable bonds is 6. The third kappa shape index (κ3) is 5.56.